The first-order valence-corrected chi connectivity index (χ1v) is 8.78. The number of carbonyl (C=O) groups is 2. The number of hydrogen-bond acceptors (Lipinski definition) is 4. The fourth-order valence-corrected chi connectivity index (χ4v) is 2.95. The van der Waals surface area contributed by atoms with E-state index in [9.17, 15) is 9.59 Å². The molecule has 0 atom stereocenters. The van der Waals surface area contributed by atoms with E-state index in [0.717, 1.165) is 29.2 Å². The Hall–Kier alpha value is -3.02. The Bertz CT molecular complexity index is 774. The molecule has 1 aliphatic heterocycles. The molecule has 0 spiro atoms. The third kappa shape index (κ3) is 4.53. The molecule has 2 amide bonds. The zero-order valence-electron chi connectivity index (χ0n) is 14.8. The van der Waals surface area contributed by atoms with Gasteiger partial charge in [-0.25, -0.2) is 0 Å². The van der Waals surface area contributed by atoms with Crippen molar-refractivity contribution in [1.82, 2.24) is 5.32 Å². The largest absolute Gasteiger partial charge is 0.494 e. The zero-order valence-corrected chi connectivity index (χ0v) is 14.8. The molecule has 1 saturated heterocycles. The number of nitrogens with one attached hydrogen (secondary N) is 2. The van der Waals surface area contributed by atoms with Crippen LogP contribution >= 0.6 is 0 Å². The molecule has 6 nitrogen and oxygen atoms in total. The number of para-hydroxylation sites is 2. The minimum Gasteiger partial charge on any atom is -0.494 e. The Balaban J connectivity index is 1.66. The molecule has 0 aliphatic carbocycles. The first kappa shape index (κ1) is 17.8. The van der Waals surface area contributed by atoms with Crippen molar-refractivity contribution in [3.63, 3.8) is 0 Å². The van der Waals surface area contributed by atoms with Crippen LogP contribution in [-0.2, 0) is 16.0 Å². The maximum absolute atomic E-state index is 12.5. The minimum absolute atomic E-state index is 0.00762. The van der Waals surface area contributed by atoms with Crippen molar-refractivity contribution in [3.8, 4) is 5.75 Å². The molecule has 1 aliphatic rings. The van der Waals surface area contributed by atoms with Crippen LogP contribution in [0.1, 0.15) is 12.5 Å². The van der Waals surface area contributed by atoms with Crippen LogP contribution in [0.2, 0.25) is 0 Å². The fraction of sp³-hybridized carbons (Fsp3) is 0.300. The number of hydrogen-bond donors (Lipinski definition) is 2. The molecule has 2 aromatic rings. The standard InChI is InChI=1S/C20H23N3O3/c1-2-26-16-9-7-15(8-10-16)13-19(24)22-17-5-3-4-6-18(17)23-12-11-21-20(25)14-23/h3-10H,2,11-14H2,1H3,(H,21,25)(H,22,24). The van der Waals surface area contributed by atoms with Crippen molar-refractivity contribution in [2.24, 2.45) is 0 Å². The summed E-state index contributed by atoms with van der Waals surface area (Å²) in [5, 5.41) is 5.78. The molecule has 3 rings (SSSR count). The summed E-state index contributed by atoms with van der Waals surface area (Å²) in [6.45, 7) is 4.17. The van der Waals surface area contributed by atoms with Crippen molar-refractivity contribution < 1.29 is 14.3 Å². The highest BCUT2D eigenvalue weighted by molar-refractivity contribution is 5.96. The van der Waals surface area contributed by atoms with E-state index in [0.29, 0.717) is 19.7 Å². The number of nitrogens with zero attached hydrogens (tertiary/aromatic N) is 1. The average molecular weight is 353 g/mol. The summed E-state index contributed by atoms with van der Waals surface area (Å²) >= 11 is 0. The van der Waals surface area contributed by atoms with Crippen LogP contribution in [0, 0.1) is 0 Å². The number of benzene rings is 2. The van der Waals surface area contributed by atoms with Crippen molar-refractivity contribution >= 4 is 23.2 Å². The van der Waals surface area contributed by atoms with Crippen LogP contribution in [0.3, 0.4) is 0 Å². The Morgan fingerprint density at radius 3 is 2.69 bits per heavy atom. The van der Waals surface area contributed by atoms with Gasteiger partial charge in [-0.1, -0.05) is 24.3 Å². The predicted molar refractivity (Wildman–Crippen MR) is 102 cm³/mol. The van der Waals surface area contributed by atoms with Gasteiger partial charge in [0.25, 0.3) is 0 Å². The van der Waals surface area contributed by atoms with Crippen molar-refractivity contribution in [2.75, 3.05) is 36.5 Å². The van der Waals surface area contributed by atoms with Gasteiger partial charge in [0.05, 0.1) is 30.9 Å². The number of ether oxygens (including phenoxy) is 1. The highest BCUT2D eigenvalue weighted by Gasteiger charge is 2.19. The molecule has 2 aromatic carbocycles. The quantitative estimate of drug-likeness (QED) is 0.835. The maximum atomic E-state index is 12.5. The normalized spacial score (nSPS) is 13.9. The van der Waals surface area contributed by atoms with Crippen LogP contribution in [0.5, 0.6) is 5.75 Å². The molecule has 0 bridgehead atoms. The summed E-state index contributed by atoms with van der Waals surface area (Å²) in [6.07, 6.45) is 0.279. The van der Waals surface area contributed by atoms with Crippen LogP contribution in [0.4, 0.5) is 11.4 Å². The van der Waals surface area contributed by atoms with E-state index in [2.05, 4.69) is 10.6 Å². The molecule has 1 fully saturated rings. The lowest BCUT2D eigenvalue weighted by Gasteiger charge is -2.30. The molecule has 1 heterocycles. The third-order valence-corrected chi connectivity index (χ3v) is 4.16. The molecular formula is C20H23N3O3. The molecule has 0 radical (unpaired) electrons. The van der Waals surface area contributed by atoms with Gasteiger partial charge in [0.15, 0.2) is 0 Å². The van der Waals surface area contributed by atoms with Gasteiger partial charge < -0.3 is 20.3 Å². The number of anilines is 2. The van der Waals surface area contributed by atoms with Gasteiger partial charge in [0.1, 0.15) is 5.75 Å². The van der Waals surface area contributed by atoms with Crippen LogP contribution < -0.4 is 20.3 Å². The highest BCUT2D eigenvalue weighted by atomic mass is 16.5. The first-order valence-electron chi connectivity index (χ1n) is 8.78. The SMILES string of the molecule is CCOc1ccc(CC(=O)Nc2ccccc2N2CCNC(=O)C2)cc1. The molecule has 26 heavy (non-hydrogen) atoms. The molecule has 136 valence electrons. The summed E-state index contributed by atoms with van der Waals surface area (Å²) in [5.41, 5.74) is 2.50. The number of carbonyl (C=O) groups excluding carboxylic acids is 2. The van der Waals surface area contributed by atoms with E-state index in [4.69, 9.17) is 4.74 Å². The first-order chi connectivity index (χ1) is 12.7. The summed E-state index contributed by atoms with van der Waals surface area (Å²) in [6, 6.07) is 15.1. The smallest absolute Gasteiger partial charge is 0.239 e. The van der Waals surface area contributed by atoms with Gasteiger partial charge in [-0.05, 0) is 36.8 Å². The lowest BCUT2D eigenvalue weighted by molar-refractivity contribution is -0.120. The Morgan fingerprint density at radius 1 is 1.19 bits per heavy atom. The van der Waals surface area contributed by atoms with E-state index >= 15 is 0 Å². The average Bonchev–Trinajstić information content (AvgIpc) is 2.64. The number of piperazine rings is 1. The van der Waals surface area contributed by atoms with Gasteiger partial charge in [0, 0.05) is 13.1 Å². The van der Waals surface area contributed by atoms with Gasteiger partial charge in [0.2, 0.25) is 11.8 Å². The van der Waals surface area contributed by atoms with Gasteiger partial charge in [-0.15, -0.1) is 0 Å². The molecule has 6 heteroatoms. The Labute approximate surface area is 153 Å². The second-order valence-corrected chi connectivity index (χ2v) is 6.09. The van der Waals surface area contributed by atoms with Crippen molar-refractivity contribution in [2.45, 2.75) is 13.3 Å². The fourth-order valence-electron chi connectivity index (χ4n) is 2.95. The van der Waals surface area contributed by atoms with Gasteiger partial charge >= 0.3 is 0 Å². The molecule has 0 saturated carbocycles. The molecular weight excluding hydrogens is 330 g/mol. The lowest BCUT2D eigenvalue weighted by atomic mass is 10.1. The predicted octanol–water partition coefficient (Wildman–Crippen LogP) is 2.20. The van der Waals surface area contributed by atoms with Gasteiger partial charge in [-0.3, -0.25) is 9.59 Å². The summed E-state index contributed by atoms with van der Waals surface area (Å²) in [5.74, 6) is 0.695. The minimum atomic E-state index is -0.0944. The topological polar surface area (TPSA) is 70.7 Å². The third-order valence-electron chi connectivity index (χ3n) is 4.16. The van der Waals surface area contributed by atoms with E-state index < -0.39 is 0 Å². The Kier molecular flexibility index (Phi) is 5.73. The Morgan fingerprint density at radius 2 is 1.96 bits per heavy atom. The summed E-state index contributed by atoms with van der Waals surface area (Å²) in [7, 11) is 0. The van der Waals surface area contributed by atoms with Crippen LogP contribution in [0.25, 0.3) is 0 Å². The lowest BCUT2D eigenvalue weighted by Crippen LogP contribution is -2.47. The highest BCUT2D eigenvalue weighted by Crippen LogP contribution is 2.26. The van der Waals surface area contributed by atoms with Crippen LogP contribution in [-0.4, -0.2) is 38.1 Å². The molecule has 0 unspecified atom stereocenters. The van der Waals surface area contributed by atoms with Crippen molar-refractivity contribution in [3.05, 3.63) is 54.1 Å². The second kappa shape index (κ2) is 8.38. The van der Waals surface area contributed by atoms with E-state index in [1.54, 1.807) is 0 Å². The van der Waals surface area contributed by atoms with E-state index in [-0.39, 0.29) is 18.2 Å². The van der Waals surface area contributed by atoms with E-state index in [1.807, 2.05) is 60.4 Å². The molecule has 0 aromatic heterocycles. The second-order valence-electron chi connectivity index (χ2n) is 6.09. The summed E-state index contributed by atoms with van der Waals surface area (Å²) in [4.78, 5) is 26.1. The van der Waals surface area contributed by atoms with Crippen LogP contribution in [0.15, 0.2) is 48.5 Å². The van der Waals surface area contributed by atoms with E-state index in [1.165, 1.54) is 0 Å². The summed E-state index contributed by atoms with van der Waals surface area (Å²) < 4.78 is 5.41. The monoisotopic (exact) mass is 353 g/mol. The number of amides is 2. The molecule has 2 N–H and O–H groups in total. The van der Waals surface area contributed by atoms with Gasteiger partial charge in [-0.2, -0.15) is 0 Å². The number of rotatable bonds is 6. The van der Waals surface area contributed by atoms with Crippen molar-refractivity contribution in [1.29, 1.82) is 0 Å². The maximum Gasteiger partial charge on any atom is 0.239 e. The zero-order chi connectivity index (χ0) is 18.4.